The number of rotatable bonds is 10. The molecule has 4 rings (SSSR count). The van der Waals surface area contributed by atoms with Crippen molar-refractivity contribution in [2.24, 2.45) is 7.05 Å². The van der Waals surface area contributed by atoms with Crippen molar-refractivity contribution < 1.29 is 14.2 Å². The number of hydrogen-bond acceptors (Lipinski definition) is 10. The number of ether oxygens (including phenoxy) is 3. The lowest BCUT2D eigenvalue weighted by Gasteiger charge is -2.21. The molecule has 11 nitrogen and oxygen atoms in total. The maximum Gasteiger partial charge on any atom is 0.239 e. The topological polar surface area (TPSA) is 114 Å². The van der Waals surface area contributed by atoms with E-state index in [9.17, 15) is 0 Å². The highest BCUT2D eigenvalue weighted by Gasteiger charge is 2.26. The Morgan fingerprint density at radius 2 is 1.71 bits per heavy atom. The van der Waals surface area contributed by atoms with E-state index in [1.807, 2.05) is 49.0 Å². The van der Waals surface area contributed by atoms with Crippen LogP contribution in [0.4, 0.5) is 5.95 Å². The Bertz CT molecular complexity index is 1260. The summed E-state index contributed by atoms with van der Waals surface area (Å²) in [5.41, 5.74) is 1.28. The van der Waals surface area contributed by atoms with Crippen LogP contribution in [-0.4, -0.2) is 61.1 Å². The lowest BCUT2D eigenvalue weighted by molar-refractivity contribution is 0.0972. The zero-order valence-electron chi connectivity index (χ0n) is 19.8. The van der Waals surface area contributed by atoms with Crippen molar-refractivity contribution >= 4 is 29.5 Å². The second-order valence-corrected chi connectivity index (χ2v) is 9.03. The van der Waals surface area contributed by atoms with E-state index >= 15 is 0 Å². The molecule has 0 fully saturated rings. The zero-order chi connectivity index (χ0) is 24.9. The van der Waals surface area contributed by atoms with Crippen LogP contribution < -0.4 is 14.2 Å². The van der Waals surface area contributed by atoms with Crippen LogP contribution in [-0.2, 0) is 11.8 Å². The third kappa shape index (κ3) is 5.19. The van der Waals surface area contributed by atoms with Gasteiger partial charge in [-0.2, -0.15) is 5.10 Å². The minimum atomic E-state index is -0.391. The SMILES string of the molecule is COc1cccc(OC)c1-n1c(NSC(C)C(OC)c2ncc(Cl)cn2)nnc1-c1ccn(C)n1. The molecule has 2 unspecified atom stereocenters. The molecule has 0 aliphatic rings. The molecular weight excluding hydrogens is 492 g/mol. The Hall–Kier alpha value is -3.35. The lowest BCUT2D eigenvalue weighted by atomic mass is 10.2. The van der Waals surface area contributed by atoms with E-state index in [1.165, 1.54) is 11.9 Å². The number of anilines is 1. The molecule has 1 aromatic carbocycles. The van der Waals surface area contributed by atoms with Gasteiger partial charge in [0, 0.05) is 32.7 Å². The van der Waals surface area contributed by atoms with Crippen LogP contribution in [0.5, 0.6) is 11.5 Å². The summed E-state index contributed by atoms with van der Waals surface area (Å²) in [6.45, 7) is 1.99. The lowest BCUT2D eigenvalue weighted by Crippen LogP contribution is -2.19. The minimum Gasteiger partial charge on any atom is -0.494 e. The van der Waals surface area contributed by atoms with Crippen molar-refractivity contribution in [3.05, 3.63) is 53.7 Å². The zero-order valence-corrected chi connectivity index (χ0v) is 21.4. The van der Waals surface area contributed by atoms with Gasteiger partial charge in [0.05, 0.1) is 24.5 Å². The Morgan fingerprint density at radius 1 is 1.03 bits per heavy atom. The fourth-order valence-electron chi connectivity index (χ4n) is 3.50. The molecule has 13 heteroatoms. The van der Waals surface area contributed by atoms with Crippen LogP contribution in [0.15, 0.2) is 42.9 Å². The van der Waals surface area contributed by atoms with E-state index in [-0.39, 0.29) is 5.25 Å². The van der Waals surface area contributed by atoms with Gasteiger partial charge in [-0.25, -0.2) is 9.97 Å². The summed E-state index contributed by atoms with van der Waals surface area (Å²) in [4.78, 5) is 8.59. The number of aryl methyl sites for hydroxylation is 1. The van der Waals surface area contributed by atoms with Gasteiger partial charge < -0.3 is 14.2 Å². The molecule has 0 bridgehead atoms. The molecule has 4 aromatic rings. The molecule has 0 spiro atoms. The number of para-hydroxylation sites is 1. The molecule has 1 N–H and O–H groups in total. The molecule has 35 heavy (non-hydrogen) atoms. The molecule has 2 atom stereocenters. The van der Waals surface area contributed by atoms with Crippen molar-refractivity contribution in [1.82, 2.24) is 34.5 Å². The van der Waals surface area contributed by atoms with Gasteiger partial charge in [-0.15, -0.1) is 10.2 Å². The van der Waals surface area contributed by atoms with Crippen LogP contribution >= 0.6 is 23.5 Å². The first-order valence-electron chi connectivity index (χ1n) is 10.6. The number of nitrogens with one attached hydrogen (secondary N) is 1. The van der Waals surface area contributed by atoms with Crippen molar-refractivity contribution in [3.63, 3.8) is 0 Å². The summed E-state index contributed by atoms with van der Waals surface area (Å²) in [7, 11) is 6.65. The van der Waals surface area contributed by atoms with E-state index < -0.39 is 6.10 Å². The molecule has 0 radical (unpaired) electrons. The van der Waals surface area contributed by atoms with Crippen molar-refractivity contribution in [3.8, 4) is 28.7 Å². The first kappa shape index (κ1) is 24.8. The van der Waals surface area contributed by atoms with Gasteiger partial charge in [-0.3, -0.25) is 14.0 Å². The van der Waals surface area contributed by atoms with E-state index in [2.05, 4.69) is 30.0 Å². The van der Waals surface area contributed by atoms with Crippen molar-refractivity contribution in [2.45, 2.75) is 18.3 Å². The number of hydrogen-bond donors (Lipinski definition) is 1. The molecular formula is C22H25ClN8O3S. The summed E-state index contributed by atoms with van der Waals surface area (Å²) in [5.74, 6) is 2.69. The summed E-state index contributed by atoms with van der Waals surface area (Å²) < 4.78 is 23.8. The van der Waals surface area contributed by atoms with Crippen LogP contribution in [0.2, 0.25) is 5.02 Å². The van der Waals surface area contributed by atoms with Gasteiger partial charge >= 0.3 is 0 Å². The summed E-state index contributed by atoms with van der Waals surface area (Å²) in [6.07, 6.45) is 4.54. The fraction of sp³-hybridized carbons (Fsp3) is 0.318. The third-order valence-corrected chi connectivity index (χ3v) is 6.26. The van der Waals surface area contributed by atoms with E-state index in [1.54, 1.807) is 38.4 Å². The number of aromatic nitrogens is 7. The van der Waals surface area contributed by atoms with Crippen LogP contribution in [0.3, 0.4) is 0 Å². The Morgan fingerprint density at radius 3 is 2.29 bits per heavy atom. The highest BCUT2D eigenvalue weighted by Crippen LogP contribution is 2.38. The number of nitrogens with zero attached hydrogens (tertiary/aromatic N) is 7. The molecule has 184 valence electrons. The molecule has 0 saturated carbocycles. The van der Waals surface area contributed by atoms with Gasteiger partial charge in [0.2, 0.25) is 5.95 Å². The number of benzene rings is 1. The summed E-state index contributed by atoms with van der Waals surface area (Å²) >= 11 is 7.32. The molecule has 3 heterocycles. The Balaban J connectivity index is 1.71. The van der Waals surface area contributed by atoms with Crippen molar-refractivity contribution in [2.75, 3.05) is 26.1 Å². The van der Waals surface area contributed by atoms with Gasteiger partial charge in [0.25, 0.3) is 0 Å². The number of methoxy groups -OCH3 is 3. The van der Waals surface area contributed by atoms with Crippen LogP contribution in [0.25, 0.3) is 17.2 Å². The highest BCUT2D eigenvalue weighted by molar-refractivity contribution is 8.01. The minimum absolute atomic E-state index is 0.107. The monoisotopic (exact) mass is 516 g/mol. The summed E-state index contributed by atoms with van der Waals surface area (Å²) in [6, 6.07) is 7.41. The Labute approximate surface area is 211 Å². The van der Waals surface area contributed by atoms with Gasteiger partial charge in [0.1, 0.15) is 29.0 Å². The molecule has 3 aromatic heterocycles. The fourth-order valence-corrected chi connectivity index (χ4v) is 4.38. The molecule has 0 amide bonds. The second-order valence-electron chi connectivity index (χ2n) is 7.41. The molecule has 0 saturated heterocycles. The average Bonchev–Trinajstić information content (AvgIpc) is 3.49. The highest BCUT2D eigenvalue weighted by atomic mass is 35.5. The standard InChI is InChI=1S/C22H25ClN8O3S/c1-13(19(34-5)20-24-11-14(23)12-25-20)35-29-22-27-26-21(15-9-10-30(2)28-15)31(22)18-16(32-3)7-6-8-17(18)33-4/h6-13,19H,1-5H3,(H,27,29). The van der Waals surface area contributed by atoms with E-state index in [4.69, 9.17) is 25.8 Å². The first-order chi connectivity index (χ1) is 17.0. The van der Waals surface area contributed by atoms with Crippen LogP contribution in [0, 0.1) is 0 Å². The second kappa shape index (κ2) is 10.9. The maximum atomic E-state index is 5.93. The number of halogens is 1. The summed E-state index contributed by atoms with van der Waals surface area (Å²) in [5, 5.41) is 13.7. The van der Waals surface area contributed by atoms with Gasteiger partial charge in [-0.05, 0) is 37.1 Å². The average molecular weight is 517 g/mol. The largest absolute Gasteiger partial charge is 0.494 e. The van der Waals surface area contributed by atoms with E-state index in [0.29, 0.717) is 45.5 Å². The smallest absolute Gasteiger partial charge is 0.239 e. The molecule has 0 aliphatic carbocycles. The van der Waals surface area contributed by atoms with Crippen molar-refractivity contribution in [1.29, 1.82) is 0 Å². The third-order valence-electron chi connectivity index (χ3n) is 5.14. The predicted octanol–water partition coefficient (Wildman–Crippen LogP) is 3.96. The quantitative estimate of drug-likeness (QED) is 0.310. The first-order valence-corrected chi connectivity index (χ1v) is 11.8. The van der Waals surface area contributed by atoms with Gasteiger partial charge in [-0.1, -0.05) is 17.7 Å². The normalized spacial score (nSPS) is 12.9. The Kier molecular flexibility index (Phi) is 7.73. The van der Waals surface area contributed by atoms with Crippen LogP contribution in [0.1, 0.15) is 18.9 Å². The molecule has 0 aliphatic heterocycles. The maximum absolute atomic E-state index is 5.93. The van der Waals surface area contributed by atoms with Gasteiger partial charge in [0.15, 0.2) is 11.6 Å². The van der Waals surface area contributed by atoms with E-state index in [0.717, 1.165) is 0 Å². The predicted molar refractivity (Wildman–Crippen MR) is 134 cm³/mol.